The summed E-state index contributed by atoms with van der Waals surface area (Å²) >= 11 is 0. The molecule has 1 aromatic rings. The number of ether oxygens (including phenoxy) is 1. The van der Waals surface area contributed by atoms with Gasteiger partial charge < -0.3 is 4.74 Å². The van der Waals surface area contributed by atoms with Crippen LogP contribution in [0.2, 0.25) is 0 Å². The van der Waals surface area contributed by atoms with E-state index < -0.39 is 0 Å². The van der Waals surface area contributed by atoms with Gasteiger partial charge in [0.05, 0.1) is 7.11 Å². The van der Waals surface area contributed by atoms with E-state index >= 15 is 0 Å². The number of methoxy groups -OCH3 is 1. The fraction of sp³-hybridized carbons (Fsp3) is 0.625. The Hall–Kier alpha value is -1.13. The summed E-state index contributed by atoms with van der Waals surface area (Å²) in [5, 5.41) is 0. The van der Waals surface area contributed by atoms with Crippen molar-refractivity contribution in [3.8, 4) is 5.75 Å². The number of rotatable bonds is 6. The minimum absolute atomic E-state index is 0.125. The molecule has 112 valence electrons. The third-order valence-corrected chi connectivity index (χ3v) is 4.31. The molecule has 1 aliphatic rings. The lowest BCUT2D eigenvalue weighted by atomic mass is 9.83. The molecular formula is C16H25FN2O. The molecule has 0 radical (unpaired) electrons. The lowest BCUT2D eigenvalue weighted by Gasteiger charge is -2.26. The van der Waals surface area contributed by atoms with Gasteiger partial charge in [-0.1, -0.05) is 44.2 Å². The monoisotopic (exact) mass is 280 g/mol. The largest absolute Gasteiger partial charge is 0.494 e. The van der Waals surface area contributed by atoms with Crippen LogP contribution in [0, 0.1) is 11.7 Å². The Morgan fingerprint density at radius 1 is 1.35 bits per heavy atom. The van der Waals surface area contributed by atoms with E-state index in [9.17, 15) is 4.39 Å². The van der Waals surface area contributed by atoms with Crippen LogP contribution in [0.25, 0.3) is 0 Å². The molecule has 0 heterocycles. The SMILES string of the molecule is COc1cccc(CC(CC2CCCCC2)NN)c1F. The standard InChI is InChI=1S/C16H25FN2O/c1-20-15-9-5-8-13(16(15)17)11-14(19-18)10-12-6-3-2-4-7-12/h5,8-9,12,14,19H,2-4,6-7,10-11,18H2,1H3. The van der Waals surface area contributed by atoms with E-state index in [0.717, 1.165) is 12.3 Å². The Balaban J connectivity index is 1.98. The minimum atomic E-state index is -0.265. The highest BCUT2D eigenvalue weighted by Gasteiger charge is 2.20. The summed E-state index contributed by atoms with van der Waals surface area (Å²) in [6, 6.07) is 5.40. The Morgan fingerprint density at radius 2 is 2.10 bits per heavy atom. The summed E-state index contributed by atoms with van der Waals surface area (Å²) in [7, 11) is 1.49. The van der Waals surface area contributed by atoms with Crippen molar-refractivity contribution in [1.82, 2.24) is 5.43 Å². The maximum absolute atomic E-state index is 14.2. The maximum atomic E-state index is 14.2. The van der Waals surface area contributed by atoms with Gasteiger partial charge in [-0.15, -0.1) is 0 Å². The predicted octanol–water partition coefficient (Wildman–Crippen LogP) is 3.18. The average molecular weight is 280 g/mol. The van der Waals surface area contributed by atoms with Crippen LogP contribution in [0.15, 0.2) is 18.2 Å². The highest BCUT2D eigenvalue weighted by molar-refractivity contribution is 5.31. The van der Waals surface area contributed by atoms with Crippen LogP contribution in [0.3, 0.4) is 0 Å². The van der Waals surface area contributed by atoms with E-state index in [2.05, 4.69) is 5.43 Å². The molecule has 0 bridgehead atoms. The van der Waals surface area contributed by atoms with E-state index in [1.54, 1.807) is 6.07 Å². The predicted molar refractivity (Wildman–Crippen MR) is 79.0 cm³/mol. The van der Waals surface area contributed by atoms with Crippen molar-refractivity contribution in [2.75, 3.05) is 7.11 Å². The zero-order valence-electron chi connectivity index (χ0n) is 12.2. The summed E-state index contributed by atoms with van der Waals surface area (Å²) in [6.45, 7) is 0. The van der Waals surface area contributed by atoms with E-state index in [-0.39, 0.29) is 11.9 Å². The second kappa shape index (κ2) is 7.60. The second-order valence-electron chi connectivity index (χ2n) is 5.74. The van der Waals surface area contributed by atoms with E-state index in [4.69, 9.17) is 10.6 Å². The first-order valence-corrected chi connectivity index (χ1v) is 7.52. The van der Waals surface area contributed by atoms with Gasteiger partial charge in [0.1, 0.15) is 0 Å². The smallest absolute Gasteiger partial charge is 0.168 e. The van der Waals surface area contributed by atoms with Gasteiger partial charge in [0.2, 0.25) is 0 Å². The summed E-state index contributed by atoms with van der Waals surface area (Å²) in [5.41, 5.74) is 3.52. The third kappa shape index (κ3) is 3.93. The molecule has 1 aliphatic carbocycles. The van der Waals surface area contributed by atoms with Crippen LogP contribution in [-0.2, 0) is 6.42 Å². The highest BCUT2D eigenvalue weighted by Crippen LogP contribution is 2.29. The molecule has 1 unspecified atom stereocenters. The molecule has 0 spiro atoms. The number of hydrogen-bond acceptors (Lipinski definition) is 3. The molecule has 1 atom stereocenters. The zero-order chi connectivity index (χ0) is 14.4. The first-order chi connectivity index (χ1) is 9.74. The zero-order valence-corrected chi connectivity index (χ0v) is 12.2. The Kier molecular flexibility index (Phi) is 5.80. The molecule has 0 amide bonds. The van der Waals surface area contributed by atoms with Crippen molar-refractivity contribution in [2.24, 2.45) is 11.8 Å². The molecule has 1 saturated carbocycles. The average Bonchev–Trinajstić information content (AvgIpc) is 2.49. The number of nitrogens with one attached hydrogen (secondary N) is 1. The Labute approximate surface area is 120 Å². The molecule has 0 saturated heterocycles. The van der Waals surface area contributed by atoms with E-state index in [1.807, 2.05) is 12.1 Å². The van der Waals surface area contributed by atoms with Crippen molar-refractivity contribution < 1.29 is 9.13 Å². The number of nitrogens with two attached hydrogens (primary N) is 1. The van der Waals surface area contributed by atoms with Crippen LogP contribution in [0.5, 0.6) is 5.75 Å². The normalized spacial score (nSPS) is 17.9. The molecule has 1 fully saturated rings. The van der Waals surface area contributed by atoms with E-state index in [1.165, 1.54) is 39.2 Å². The molecule has 20 heavy (non-hydrogen) atoms. The first kappa shape index (κ1) is 15.3. The molecule has 4 heteroatoms. The van der Waals surface area contributed by atoms with Crippen LogP contribution < -0.4 is 16.0 Å². The second-order valence-corrected chi connectivity index (χ2v) is 5.74. The summed E-state index contributed by atoms with van der Waals surface area (Å²) < 4.78 is 19.2. The topological polar surface area (TPSA) is 47.3 Å². The van der Waals surface area contributed by atoms with Gasteiger partial charge in [-0.2, -0.15) is 0 Å². The lowest BCUT2D eigenvalue weighted by Crippen LogP contribution is -2.38. The molecule has 0 aromatic heterocycles. The molecule has 2 rings (SSSR count). The molecule has 0 aliphatic heterocycles. The van der Waals surface area contributed by atoms with Gasteiger partial charge in [-0.05, 0) is 30.4 Å². The van der Waals surface area contributed by atoms with Crippen molar-refractivity contribution >= 4 is 0 Å². The van der Waals surface area contributed by atoms with Gasteiger partial charge >= 0.3 is 0 Å². The fourth-order valence-corrected chi connectivity index (χ4v) is 3.17. The Bertz CT molecular complexity index is 419. The van der Waals surface area contributed by atoms with Crippen molar-refractivity contribution in [2.45, 2.75) is 51.0 Å². The molecular weight excluding hydrogens is 255 g/mol. The van der Waals surface area contributed by atoms with Gasteiger partial charge in [-0.25, -0.2) is 4.39 Å². The van der Waals surface area contributed by atoms with Gasteiger partial charge in [-0.3, -0.25) is 11.3 Å². The quantitative estimate of drug-likeness (QED) is 0.621. The molecule has 3 N–H and O–H groups in total. The number of hydrogen-bond donors (Lipinski definition) is 2. The maximum Gasteiger partial charge on any atom is 0.168 e. The van der Waals surface area contributed by atoms with Crippen LogP contribution >= 0.6 is 0 Å². The van der Waals surface area contributed by atoms with Crippen LogP contribution in [-0.4, -0.2) is 13.2 Å². The fourth-order valence-electron chi connectivity index (χ4n) is 3.17. The van der Waals surface area contributed by atoms with Crippen molar-refractivity contribution in [3.63, 3.8) is 0 Å². The number of halogens is 1. The highest BCUT2D eigenvalue weighted by atomic mass is 19.1. The van der Waals surface area contributed by atoms with Crippen molar-refractivity contribution in [1.29, 1.82) is 0 Å². The number of benzene rings is 1. The minimum Gasteiger partial charge on any atom is -0.494 e. The first-order valence-electron chi connectivity index (χ1n) is 7.52. The summed E-state index contributed by atoms with van der Waals surface area (Å²) in [4.78, 5) is 0. The lowest BCUT2D eigenvalue weighted by molar-refractivity contribution is 0.296. The molecule has 1 aromatic carbocycles. The summed E-state index contributed by atoms with van der Waals surface area (Å²) in [6.07, 6.45) is 8.16. The van der Waals surface area contributed by atoms with Crippen LogP contribution in [0.1, 0.15) is 44.1 Å². The van der Waals surface area contributed by atoms with Crippen LogP contribution in [0.4, 0.5) is 4.39 Å². The van der Waals surface area contributed by atoms with Gasteiger partial charge in [0.25, 0.3) is 0 Å². The van der Waals surface area contributed by atoms with Crippen molar-refractivity contribution in [3.05, 3.63) is 29.6 Å². The number of hydrazine groups is 1. The third-order valence-electron chi connectivity index (χ3n) is 4.31. The summed E-state index contributed by atoms with van der Waals surface area (Å²) in [5.74, 6) is 6.41. The molecule has 3 nitrogen and oxygen atoms in total. The Morgan fingerprint density at radius 3 is 2.75 bits per heavy atom. The van der Waals surface area contributed by atoms with E-state index in [0.29, 0.717) is 17.7 Å². The van der Waals surface area contributed by atoms with Gasteiger partial charge in [0, 0.05) is 6.04 Å². The van der Waals surface area contributed by atoms with Gasteiger partial charge in [0.15, 0.2) is 11.6 Å².